The number of ether oxygens (including phenoxy) is 1. The number of rotatable bonds is 12. The standard InChI is InChI=1S/C26H34N6O3S/c1-6-8-23(28-18(5)31-32(34,36)21-13-14-21)22(7-2)30-26(33)20-11-9-19(10-12-20)24-15-27-16-25(29-24)35-17(3)4/h6,8-12,15-17,21-22,31,34,36H,5,7,13-14H2,1-4H3/p+1/b8-6-,28-23+. The van der Waals surface area contributed by atoms with Crippen LogP contribution in [0.5, 0.6) is 5.88 Å². The number of aromatic nitrogens is 2. The number of carbonyl (C=O) groups excluding carboxylic acids is 1. The first kappa shape index (κ1) is 27.4. The van der Waals surface area contributed by atoms with E-state index in [0.717, 1.165) is 18.4 Å². The number of hydrogen-bond acceptors (Lipinski definition) is 8. The molecule has 0 spiro atoms. The number of amides is 1. The van der Waals surface area contributed by atoms with Crippen LogP contribution >= 0.6 is 12.8 Å². The van der Waals surface area contributed by atoms with Gasteiger partial charge in [0.05, 0.1) is 35.9 Å². The summed E-state index contributed by atoms with van der Waals surface area (Å²) in [4.78, 5) is 26.2. The Morgan fingerprint density at radius 2 is 2.03 bits per heavy atom. The molecule has 36 heavy (non-hydrogen) atoms. The van der Waals surface area contributed by atoms with Crippen molar-refractivity contribution in [3.63, 3.8) is 0 Å². The molecule has 192 valence electrons. The normalized spacial score (nSPS) is 16.5. The number of carbonyl (C=O) groups is 1. The maximum atomic E-state index is 13.0. The van der Waals surface area contributed by atoms with E-state index in [1.165, 1.54) is 0 Å². The van der Waals surface area contributed by atoms with Crippen LogP contribution < -0.4 is 15.5 Å². The molecule has 3 rings (SSSR count). The fourth-order valence-electron chi connectivity index (χ4n) is 3.50. The molecule has 1 aliphatic carbocycles. The van der Waals surface area contributed by atoms with Gasteiger partial charge in [-0.15, -0.1) is 0 Å². The highest BCUT2D eigenvalue weighted by Crippen LogP contribution is 2.32. The maximum Gasteiger partial charge on any atom is 0.251 e. The molecule has 0 radical (unpaired) electrons. The van der Waals surface area contributed by atoms with E-state index >= 15 is 0 Å². The number of nitrogens with one attached hydrogen (secondary N) is 2. The zero-order valence-corrected chi connectivity index (χ0v) is 22.1. The fraction of sp³-hybridized carbons (Fsp3) is 0.385. The van der Waals surface area contributed by atoms with Crippen molar-refractivity contribution in [2.75, 3.05) is 0 Å². The summed E-state index contributed by atoms with van der Waals surface area (Å²) in [5.41, 5.74) is 5.42. The van der Waals surface area contributed by atoms with Gasteiger partial charge in [0.25, 0.3) is 5.91 Å². The summed E-state index contributed by atoms with van der Waals surface area (Å²) in [6, 6.07) is 6.80. The van der Waals surface area contributed by atoms with Crippen LogP contribution in [0.25, 0.3) is 11.3 Å². The van der Waals surface area contributed by atoms with E-state index in [4.69, 9.17) is 4.74 Å². The average molecular weight is 512 g/mol. The van der Waals surface area contributed by atoms with Crippen molar-refractivity contribution in [2.24, 2.45) is 4.99 Å². The smallest absolute Gasteiger partial charge is 0.251 e. The first-order valence-corrected chi connectivity index (χ1v) is 12.5. The molecule has 1 saturated carbocycles. The minimum atomic E-state index is -0.655. The van der Waals surface area contributed by atoms with E-state index in [1.807, 2.05) is 52.0 Å². The van der Waals surface area contributed by atoms with E-state index in [2.05, 4.69) is 45.1 Å². The minimum Gasteiger partial charge on any atom is -0.474 e. The average Bonchev–Trinajstić information content (AvgIpc) is 3.68. The van der Waals surface area contributed by atoms with Gasteiger partial charge >= 0.3 is 0 Å². The van der Waals surface area contributed by atoms with Crippen molar-refractivity contribution in [3.8, 4) is 17.1 Å². The van der Waals surface area contributed by atoms with Gasteiger partial charge in [0, 0.05) is 24.0 Å². The lowest BCUT2D eigenvalue weighted by molar-refractivity contribution is -1.03. The first-order valence-electron chi connectivity index (χ1n) is 12.1. The summed E-state index contributed by atoms with van der Waals surface area (Å²) in [6.45, 7) is 11.6. The predicted octanol–water partition coefficient (Wildman–Crippen LogP) is 4.65. The SMILES string of the molecule is C=C(/N=C(\C=C/C)C(CC)NC(=O)c1ccc(-c2cncc(OC(C)C)n2)cc1)N[N+](O)(S)C1CC1. The Kier molecular flexibility index (Phi) is 9.25. The topological polar surface area (TPSA) is 109 Å². The van der Waals surface area contributed by atoms with E-state index < -0.39 is 4.16 Å². The molecule has 2 unspecified atom stereocenters. The van der Waals surface area contributed by atoms with Gasteiger partial charge in [-0.2, -0.15) is 10.6 Å². The highest BCUT2D eigenvalue weighted by Gasteiger charge is 2.44. The quantitative estimate of drug-likeness (QED) is 0.143. The zero-order valence-electron chi connectivity index (χ0n) is 21.2. The Morgan fingerprint density at radius 3 is 2.61 bits per heavy atom. The second-order valence-corrected chi connectivity index (χ2v) is 9.51. The molecule has 2 atom stereocenters. The lowest BCUT2D eigenvalue weighted by atomic mass is 10.1. The third-order valence-electron chi connectivity index (χ3n) is 5.43. The minimum absolute atomic E-state index is 0.00240. The number of allylic oxidation sites excluding steroid dienone is 1. The Labute approximate surface area is 218 Å². The molecule has 10 heteroatoms. The molecular weight excluding hydrogens is 476 g/mol. The lowest BCUT2D eigenvalue weighted by Gasteiger charge is -2.24. The molecule has 1 aromatic heterocycles. The van der Waals surface area contributed by atoms with Gasteiger partial charge < -0.3 is 10.1 Å². The van der Waals surface area contributed by atoms with Crippen LogP contribution in [0, 0.1) is 0 Å². The van der Waals surface area contributed by atoms with Gasteiger partial charge in [-0.25, -0.2) is 9.98 Å². The Bertz CT molecular complexity index is 1130. The van der Waals surface area contributed by atoms with Crippen molar-refractivity contribution in [2.45, 2.75) is 65.1 Å². The van der Waals surface area contributed by atoms with Gasteiger partial charge in [0.2, 0.25) is 5.88 Å². The van der Waals surface area contributed by atoms with Crippen LogP contribution in [0.1, 0.15) is 57.3 Å². The molecule has 3 N–H and O–H groups in total. The highest BCUT2D eigenvalue weighted by molar-refractivity contribution is 7.74. The lowest BCUT2D eigenvalue weighted by Crippen LogP contribution is -2.48. The zero-order chi connectivity index (χ0) is 26.3. The summed E-state index contributed by atoms with van der Waals surface area (Å²) in [7, 11) is 0. The molecule has 9 nitrogen and oxygen atoms in total. The number of quaternary nitrogens is 1. The Morgan fingerprint density at radius 1 is 1.33 bits per heavy atom. The molecular formula is C26H35N6O3S+. The van der Waals surface area contributed by atoms with Crippen molar-refractivity contribution in [3.05, 3.63) is 66.8 Å². The van der Waals surface area contributed by atoms with Crippen LogP contribution in [-0.2, 0) is 0 Å². The van der Waals surface area contributed by atoms with Crippen molar-refractivity contribution in [1.29, 1.82) is 0 Å². The summed E-state index contributed by atoms with van der Waals surface area (Å²) >= 11 is 4.24. The van der Waals surface area contributed by atoms with Gasteiger partial charge in [0.1, 0.15) is 12.8 Å². The van der Waals surface area contributed by atoms with E-state index in [0.29, 0.717) is 29.3 Å². The second kappa shape index (κ2) is 12.2. The second-order valence-electron chi connectivity index (χ2n) is 8.90. The predicted molar refractivity (Wildman–Crippen MR) is 143 cm³/mol. The van der Waals surface area contributed by atoms with Crippen LogP contribution in [0.3, 0.4) is 0 Å². The molecule has 0 aliphatic heterocycles. The third kappa shape index (κ3) is 7.64. The molecule has 1 aromatic carbocycles. The fourth-order valence-corrected chi connectivity index (χ4v) is 3.85. The third-order valence-corrected chi connectivity index (χ3v) is 5.86. The number of hydrogen-bond donors (Lipinski definition) is 4. The van der Waals surface area contributed by atoms with Crippen LogP contribution in [0.2, 0.25) is 0 Å². The van der Waals surface area contributed by atoms with Crippen LogP contribution in [-0.4, -0.2) is 49.1 Å². The maximum absolute atomic E-state index is 13.0. The Balaban J connectivity index is 1.71. The molecule has 0 saturated heterocycles. The number of aliphatic imine (C=N–C) groups is 1. The number of thiol groups is 1. The van der Waals surface area contributed by atoms with Crippen molar-refractivity contribution in [1.82, 2.24) is 20.7 Å². The molecule has 1 amide bonds. The molecule has 0 bridgehead atoms. The summed E-state index contributed by atoms with van der Waals surface area (Å²) < 4.78 is 4.97. The van der Waals surface area contributed by atoms with E-state index in [9.17, 15) is 10.0 Å². The molecule has 1 fully saturated rings. The number of hydroxylamine groups is 1. The monoisotopic (exact) mass is 511 g/mol. The van der Waals surface area contributed by atoms with Crippen molar-refractivity contribution >= 4 is 24.4 Å². The van der Waals surface area contributed by atoms with Gasteiger partial charge in [-0.05, 0) is 49.6 Å². The summed E-state index contributed by atoms with van der Waals surface area (Å²) in [5.74, 6) is 0.482. The van der Waals surface area contributed by atoms with E-state index in [-0.39, 0.29) is 29.9 Å². The van der Waals surface area contributed by atoms with Crippen LogP contribution in [0.15, 0.2) is 66.2 Å². The van der Waals surface area contributed by atoms with Gasteiger partial charge in [0.15, 0.2) is 11.9 Å². The highest BCUT2D eigenvalue weighted by atomic mass is 32.1. The molecule has 2 aromatic rings. The summed E-state index contributed by atoms with van der Waals surface area (Å²) in [5, 5.41) is 13.4. The van der Waals surface area contributed by atoms with Gasteiger partial charge in [-0.3, -0.25) is 9.78 Å². The van der Waals surface area contributed by atoms with E-state index in [1.54, 1.807) is 24.5 Å². The van der Waals surface area contributed by atoms with Crippen molar-refractivity contribution < 1.29 is 18.9 Å². The largest absolute Gasteiger partial charge is 0.474 e. The number of nitrogens with zero attached hydrogens (tertiary/aromatic N) is 4. The summed E-state index contributed by atoms with van der Waals surface area (Å²) in [6.07, 6.45) is 9.26. The first-order chi connectivity index (χ1) is 17.1. The van der Waals surface area contributed by atoms with Crippen LogP contribution in [0.4, 0.5) is 0 Å². The molecule has 1 heterocycles. The Hall–Kier alpha value is -3.21. The van der Waals surface area contributed by atoms with Gasteiger partial charge in [-0.1, -0.05) is 31.7 Å². The number of benzene rings is 1. The molecule has 1 aliphatic rings.